The van der Waals surface area contributed by atoms with Crippen LogP contribution in [0.3, 0.4) is 0 Å². The number of carbonyl (C=O) groups excluding carboxylic acids is 3. The van der Waals surface area contributed by atoms with Crippen LogP contribution < -0.4 is 15.6 Å². The Morgan fingerprint density at radius 2 is 1.89 bits per heavy atom. The van der Waals surface area contributed by atoms with Crippen LogP contribution in [0.1, 0.15) is 26.7 Å². The van der Waals surface area contributed by atoms with Crippen LogP contribution in [-0.2, 0) is 14.4 Å². The van der Waals surface area contributed by atoms with Crippen molar-refractivity contribution in [1.82, 2.24) is 10.6 Å². The van der Waals surface area contributed by atoms with Gasteiger partial charge in [-0.2, -0.15) is 16.8 Å². The summed E-state index contributed by atoms with van der Waals surface area (Å²) in [7, 11) is 0. The van der Waals surface area contributed by atoms with Gasteiger partial charge < -0.3 is 10.6 Å². The first kappa shape index (κ1) is 22.6. The summed E-state index contributed by atoms with van der Waals surface area (Å²) in [6.07, 6.45) is 3.13. The Bertz CT molecular complexity index is 627. The third-order valence-electron chi connectivity index (χ3n) is 3.81. The summed E-state index contributed by atoms with van der Waals surface area (Å²) in [4.78, 5) is 47.5. The van der Waals surface area contributed by atoms with E-state index in [0.29, 0.717) is 30.7 Å². The third-order valence-corrected chi connectivity index (χ3v) is 4.45. The first-order valence-electron chi connectivity index (χ1n) is 8.65. The fraction of sp³-hybridized carbons (Fsp3) is 0.500. The van der Waals surface area contributed by atoms with Gasteiger partial charge in [-0.25, -0.2) is 0 Å². The highest BCUT2D eigenvalue weighted by molar-refractivity contribution is 7.98. The summed E-state index contributed by atoms with van der Waals surface area (Å²) >= 11 is 1.55. The van der Waals surface area contributed by atoms with Gasteiger partial charge in [0.25, 0.3) is 5.91 Å². The number of nitrogens with zero attached hydrogens (tertiary/aromatic N) is 2. The second kappa shape index (κ2) is 12.1. The largest absolute Gasteiger partial charge is 0.347 e. The lowest BCUT2D eigenvalue weighted by Gasteiger charge is -2.25. The van der Waals surface area contributed by atoms with Crippen LogP contribution >= 0.6 is 11.8 Å². The van der Waals surface area contributed by atoms with Gasteiger partial charge in [-0.1, -0.05) is 32.0 Å². The lowest BCUT2D eigenvalue weighted by molar-refractivity contribution is -0.130. The van der Waals surface area contributed by atoms with Crippen molar-refractivity contribution in [2.24, 2.45) is 11.2 Å². The summed E-state index contributed by atoms with van der Waals surface area (Å²) in [5, 5.41) is 8.72. The monoisotopic (exact) mass is 394 g/mol. The second-order valence-corrected chi connectivity index (χ2v) is 7.36. The molecule has 1 aromatic carbocycles. The van der Waals surface area contributed by atoms with E-state index in [1.807, 2.05) is 20.1 Å². The number of hydrogen-bond acceptors (Lipinski definition) is 6. The average Bonchev–Trinajstić information content (AvgIpc) is 2.65. The number of rotatable bonds is 12. The molecule has 27 heavy (non-hydrogen) atoms. The molecule has 3 amide bonds. The summed E-state index contributed by atoms with van der Waals surface area (Å²) in [5.41, 5.74) is 0.324. The van der Waals surface area contributed by atoms with Gasteiger partial charge in [-0.05, 0) is 42.9 Å². The number of para-hydroxylation sites is 1. The van der Waals surface area contributed by atoms with Crippen molar-refractivity contribution in [3.8, 4) is 0 Å². The first-order valence-corrected chi connectivity index (χ1v) is 10.0. The Labute approximate surface area is 163 Å². The highest BCUT2D eigenvalue weighted by atomic mass is 32.2. The Hall–Kier alpha value is -2.42. The number of hydrogen-bond donors (Lipinski definition) is 2. The number of benzene rings is 1. The number of nitrogens with one attached hydrogen (secondary N) is 2. The van der Waals surface area contributed by atoms with Gasteiger partial charge in [0.2, 0.25) is 12.3 Å². The fourth-order valence-electron chi connectivity index (χ4n) is 2.50. The van der Waals surface area contributed by atoms with Gasteiger partial charge in [0.1, 0.15) is 12.1 Å². The van der Waals surface area contributed by atoms with Crippen LogP contribution in [0.5, 0.6) is 0 Å². The van der Waals surface area contributed by atoms with Crippen molar-refractivity contribution < 1.29 is 14.4 Å². The molecule has 0 bridgehead atoms. The van der Waals surface area contributed by atoms with E-state index < -0.39 is 23.9 Å². The number of carbonyl (C=O) groups is 3. The zero-order valence-electron chi connectivity index (χ0n) is 15.8. The zero-order chi connectivity index (χ0) is 20.2. The van der Waals surface area contributed by atoms with Gasteiger partial charge in [0, 0.05) is 0 Å². The van der Waals surface area contributed by atoms with Crippen LogP contribution in [0.2, 0.25) is 0 Å². The Balaban J connectivity index is 2.98. The number of amides is 3. The Morgan fingerprint density at radius 3 is 2.41 bits per heavy atom. The third kappa shape index (κ3) is 7.38. The number of anilines is 1. The smallest absolute Gasteiger partial charge is 0.272 e. The van der Waals surface area contributed by atoms with Crippen molar-refractivity contribution in [3.63, 3.8) is 0 Å². The molecule has 0 spiro atoms. The van der Waals surface area contributed by atoms with Gasteiger partial charge >= 0.3 is 0 Å². The molecule has 0 aliphatic heterocycles. The highest BCUT2D eigenvalue weighted by Crippen LogP contribution is 2.17. The molecule has 1 aromatic rings. The molecule has 0 fully saturated rings. The van der Waals surface area contributed by atoms with E-state index in [9.17, 15) is 19.3 Å². The van der Waals surface area contributed by atoms with Gasteiger partial charge in [0.15, 0.2) is 0 Å². The summed E-state index contributed by atoms with van der Waals surface area (Å²) in [6, 6.07) is 6.62. The molecule has 2 N–H and O–H groups in total. The Kier molecular flexibility index (Phi) is 10.1. The van der Waals surface area contributed by atoms with E-state index >= 15 is 0 Å². The first-order chi connectivity index (χ1) is 12.9. The molecule has 0 saturated carbocycles. The van der Waals surface area contributed by atoms with E-state index in [-0.39, 0.29) is 5.92 Å². The molecule has 0 radical (unpaired) electrons. The molecule has 9 heteroatoms. The maximum atomic E-state index is 12.9. The molecule has 0 aromatic heterocycles. The topological polar surface area (TPSA) is 108 Å². The molecule has 0 aliphatic rings. The van der Waals surface area contributed by atoms with Crippen molar-refractivity contribution >= 4 is 35.7 Å². The predicted molar refractivity (Wildman–Crippen MR) is 107 cm³/mol. The molecule has 0 saturated heterocycles. The quantitative estimate of drug-likeness (QED) is 0.321. The lowest BCUT2D eigenvalue weighted by Crippen LogP contribution is -2.53. The van der Waals surface area contributed by atoms with Crippen molar-refractivity contribution in [2.75, 3.05) is 17.0 Å². The molecule has 0 aliphatic carbocycles. The Morgan fingerprint density at radius 1 is 1.22 bits per heavy atom. The second-order valence-electron chi connectivity index (χ2n) is 6.38. The van der Waals surface area contributed by atoms with Crippen LogP contribution in [0.4, 0.5) is 5.69 Å². The minimum atomic E-state index is -0.930. The van der Waals surface area contributed by atoms with E-state index in [1.165, 1.54) is 0 Å². The minimum Gasteiger partial charge on any atom is -0.347 e. The molecule has 2 atom stereocenters. The van der Waals surface area contributed by atoms with Gasteiger partial charge in [-0.15, -0.1) is 4.91 Å². The van der Waals surface area contributed by atoms with Crippen molar-refractivity contribution in [2.45, 2.75) is 38.8 Å². The summed E-state index contributed by atoms with van der Waals surface area (Å²) in [5.74, 6) is -0.317. The van der Waals surface area contributed by atoms with Crippen LogP contribution in [-0.4, -0.2) is 42.3 Å². The predicted octanol–water partition coefficient (Wildman–Crippen LogP) is 2.10. The highest BCUT2D eigenvalue weighted by Gasteiger charge is 2.30. The maximum absolute atomic E-state index is 12.9. The van der Waals surface area contributed by atoms with E-state index in [4.69, 9.17) is 0 Å². The van der Waals surface area contributed by atoms with Crippen LogP contribution in [0, 0.1) is 10.8 Å². The molecule has 8 nitrogen and oxygen atoms in total. The summed E-state index contributed by atoms with van der Waals surface area (Å²) in [6.45, 7) is 3.81. The SMILES string of the molecule is CSCC[C@H](NC=O)C(=O)N[C@@H](CC(C)C)C(=O)N(N=O)c1ccccc1. The van der Waals surface area contributed by atoms with Crippen LogP contribution in [0.15, 0.2) is 35.6 Å². The summed E-state index contributed by atoms with van der Waals surface area (Å²) < 4.78 is 0. The van der Waals surface area contributed by atoms with Gasteiger partial charge in [0.05, 0.1) is 11.0 Å². The molecule has 148 valence electrons. The molecular formula is C18H26N4O4S. The van der Waals surface area contributed by atoms with Crippen molar-refractivity contribution in [1.29, 1.82) is 0 Å². The van der Waals surface area contributed by atoms with E-state index in [1.54, 1.807) is 42.1 Å². The molecule has 0 heterocycles. The van der Waals surface area contributed by atoms with Gasteiger partial charge in [-0.3, -0.25) is 14.4 Å². The molecule has 0 unspecified atom stereocenters. The van der Waals surface area contributed by atoms with E-state index in [0.717, 1.165) is 5.01 Å². The maximum Gasteiger partial charge on any atom is 0.272 e. The normalized spacial score (nSPS) is 12.7. The molecule has 1 rings (SSSR count). The lowest BCUT2D eigenvalue weighted by atomic mass is 10.0. The van der Waals surface area contributed by atoms with Crippen molar-refractivity contribution in [3.05, 3.63) is 35.2 Å². The van der Waals surface area contributed by atoms with Crippen LogP contribution in [0.25, 0.3) is 0 Å². The number of thioether (sulfide) groups is 1. The minimum absolute atomic E-state index is 0.0900. The average molecular weight is 394 g/mol. The fourth-order valence-corrected chi connectivity index (χ4v) is 2.98. The standard InChI is InChI=1S/C18H26N4O4S/c1-13(2)11-16(20-17(24)15(19-12-23)9-10-27-3)18(25)22(21-26)14-7-5-4-6-8-14/h4-8,12-13,15-16H,9-11H2,1-3H3,(H,19,23)(H,20,24)/t15-,16-/m0/s1. The van der Waals surface area contributed by atoms with E-state index in [2.05, 4.69) is 15.9 Å². The zero-order valence-corrected chi connectivity index (χ0v) is 16.6. The number of nitroso groups, excluding NO2 is 1. The molecular weight excluding hydrogens is 368 g/mol.